The van der Waals surface area contributed by atoms with Gasteiger partial charge in [0.15, 0.2) is 0 Å². The molecule has 2 rings (SSSR count). The first-order valence-corrected chi connectivity index (χ1v) is 7.68. The summed E-state index contributed by atoms with van der Waals surface area (Å²) in [7, 11) is 0. The molecule has 0 spiro atoms. The minimum absolute atomic E-state index is 0.572. The molecule has 1 aliphatic carbocycles. The number of benzene rings is 1. The van der Waals surface area contributed by atoms with Crippen molar-refractivity contribution in [3.05, 3.63) is 27.2 Å². The fourth-order valence-electron chi connectivity index (χ4n) is 2.59. The summed E-state index contributed by atoms with van der Waals surface area (Å²) in [5.41, 5.74) is 0.804. The average Bonchev–Trinajstić information content (AvgIpc) is 2.34. The molecular weight excluding hydrogens is 289 g/mol. The van der Waals surface area contributed by atoms with Crippen molar-refractivity contribution in [1.82, 2.24) is 0 Å². The highest BCUT2D eigenvalue weighted by Crippen LogP contribution is 2.34. The van der Waals surface area contributed by atoms with Gasteiger partial charge in [-0.1, -0.05) is 66.9 Å². The van der Waals surface area contributed by atoms with Gasteiger partial charge in [0, 0.05) is 11.6 Å². The lowest BCUT2D eigenvalue weighted by molar-refractivity contribution is 0.345. The van der Waals surface area contributed by atoms with Crippen molar-refractivity contribution < 1.29 is 0 Å². The molecule has 4 heteroatoms. The Morgan fingerprint density at radius 3 is 2.22 bits per heavy atom. The van der Waals surface area contributed by atoms with Gasteiger partial charge in [-0.15, -0.1) is 0 Å². The average molecular weight is 307 g/mol. The highest BCUT2D eigenvalue weighted by atomic mass is 35.5. The van der Waals surface area contributed by atoms with Gasteiger partial charge < -0.3 is 5.32 Å². The molecule has 1 fully saturated rings. The SMILES string of the molecule is Clc1cc(Cl)c(NCCC2CCCCC2)c(Cl)c1. The van der Waals surface area contributed by atoms with Gasteiger partial charge in [-0.2, -0.15) is 0 Å². The van der Waals surface area contributed by atoms with Crippen LogP contribution in [0.4, 0.5) is 5.69 Å². The Morgan fingerprint density at radius 1 is 1.00 bits per heavy atom. The van der Waals surface area contributed by atoms with E-state index in [0.717, 1.165) is 18.2 Å². The van der Waals surface area contributed by atoms with Crippen LogP contribution in [0.1, 0.15) is 38.5 Å². The van der Waals surface area contributed by atoms with E-state index in [0.29, 0.717) is 15.1 Å². The number of anilines is 1. The fraction of sp³-hybridized carbons (Fsp3) is 0.571. The van der Waals surface area contributed by atoms with Crippen LogP contribution in [0.5, 0.6) is 0 Å². The molecule has 1 aliphatic rings. The zero-order chi connectivity index (χ0) is 13.0. The van der Waals surface area contributed by atoms with Gasteiger partial charge in [0.2, 0.25) is 0 Å². The highest BCUT2D eigenvalue weighted by molar-refractivity contribution is 6.41. The Bertz CT molecular complexity index is 377. The summed E-state index contributed by atoms with van der Waals surface area (Å²) in [6, 6.07) is 3.44. The molecule has 18 heavy (non-hydrogen) atoms. The first-order valence-electron chi connectivity index (χ1n) is 6.55. The summed E-state index contributed by atoms with van der Waals surface area (Å²) in [4.78, 5) is 0. The third kappa shape index (κ3) is 3.94. The number of hydrogen-bond acceptors (Lipinski definition) is 1. The predicted molar refractivity (Wildman–Crippen MR) is 81.2 cm³/mol. The predicted octanol–water partition coefficient (Wildman–Crippen LogP) is 6.03. The lowest BCUT2D eigenvalue weighted by atomic mass is 9.87. The van der Waals surface area contributed by atoms with E-state index in [1.165, 1.54) is 38.5 Å². The lowest BCUT2D eigenvalue weighted by Gasteiger charge is -2.22. The van der Waals surface area contributed by atoms with Gasteiger partial charge in [-0.3, -0.25) is 0 Å². The van der Waals surface area contributed by atoms with Crippen molar-refractivity contribution >= 4 is 40.5 Å². The molecule has 1 aromatic rings. The molecule has 0 aliphatic heterocycles. The van der Waals surface area contributed by atoms with E-state index in [-0.39, 0.29) is 0 Å². The van der Waals surface area contributed by atoms with Crippen LogP contribution in [0.25, 0.3) is 0 Å². The summed E-state index contributed by atoms with van der Waals surface area (Å²) in [6.07, 6.45) is 8.09. The standard InChI is InChI=1S/C14H18Cl3N/c15-11-8-12(16)14(13(17)9-11)18-7-6-10-4-2-1-3-5-10/h8-10,18H,1-7H2. The molecule has 0 amide bonds. The van der Waals surface area contributed by atoms with E-state index in [4.69, 9.17) is 34.8 Å². The maximum absolute atomic E-state index is 6.12. The summed E-state index contributed by atoms with van der Waals surface area (Å²) in [6.45, 7) is 0.922. The molecule has 0 radical (unpaired) electrons. The van der Waals surface area contributed by atoms with Crippen LogP contribution in [-0.2, 0) is 0 Å². The molecule has 0 unspecified atom stereocenters. The quantitative estimate of drug-likeness (QED) is 0.716. The maximum atomic E-state index is 6.12. The number of hydrogen-bond donors (Lipinski definition) is 1. The van der Waals surface area contributed by atoms with Gasteiger partial charge in [-0.25, -0.2) is 0 Å². The van der Waals surface area contributed by atoms with Gasteiger partial charge in [0.05, 0.1) is 15.7 Å². The van der Waals surface area contributed by atoms with Crippen LogP contribution in [0.15, 0.2) is 12.1 Å². The van der Waals surface area contributed by atoms with Crippen LogP contribution in [0, 0.1) is 5.92 Å². The lowest BCUT2D eigenvalue weighted by Crippen LogP contribution is -2.12. The van der Waals surface area contributed by atoms with Crippen LogP contribution in [0.2, 0.25) is 15.1 Å². The second kappa shape index (κ2) is 6.88. The highest BCUT2D eigenvalue weighted by Gasteiger charge is 2.13. The van der Waals surface area contributed by atoms with Crippen LogP contribution in [-0.4, -0.2) is 6.54 Å². The minimum Gasteiger partial charge on any atom is -0.383 e. The van der Waals surface area contributed by atoms with Crippen molar-refractivity contribution in [3.8, 4) is 0 Å². The molecule has 1 N–H and O–H groups in total. The van der Waals surface area contributed by atoms with E-state index < -0.39 is 0 Å². The molecular formula is C14H18Cl3N. The largest absolute Gasteiger partial charge is 0.383 e. The Kier molecular flexibility index (Phi) is 5.47. The van der Waals surface area contributed by atoms with E-state index in [1.54, 1.807) is 12.1 Å². The third-order valence-corrected chi connectivity index (χ3v) is 4.40. The molecule has 1 aromatic carbocycles. The normalized spacial score (nSPS) is 16.8. The van der Waals surface area contributed by atoms with Crippen molar-refractivity contribution in [1.29, 1.82) is 0 Å². The molecule has 100 valence electrons. The van der Waals surface area contributed by atoms with Crippen LogP contribution in [0.3, 0.4) is 0 Å². The number of rotatable bonds is 4. The van der Waals surface area contributed by atoms with Crippen molar-refractivity contribution in [3.63, 3.8) is 0 Å². The Balaban J connectivity index is 1.86. The van der Waals surface area contributed by atoms with Crippen LogP contribution >= 0.6 is 34.8 Å². The Labute approximate surface area is 124 Å². The van der Waals surface area contributed by atoms with Gasteiger partial charge in [-0.05, 0) is 24.5 Å². The van der Waals surface area contributed by atoms with Gasteiger partial charge >= 0.3 is 0 Å². The minimum atomic E-state index is 0.572. The first kappa shape index (κ1) is 14.3. The van der Waals surface area contributed by atoms with E-state index in [2.05, 4.69) is 5.32 Å². The van der Waals surface area contributed by atoms with Crippen molar-refractivity contribution in [2.75, 3.05) is 11.9 Å². The van der Waals surface area contributed by atoms with E-state index >= 15 is 0 Å². The first-order chi connectivity index (χ1) is 8.66. The summed E-state index contributed by atoms with van der Waals surface area (Å²) in [5, 5.41) is 5.09. The maximum Gasteiger partial charge on any atom is 0.0720 e. The third-order valence-electron chi connectivity index (χ3n) is 3.59. The van der Waals surface area contributed by atoms with Crippen molar-refractivity contribution in [2.45, 2.75) is 38.5 Å². The van der Waals surface area contributed by atoms with E-state index in [9.17, 15) is 0 Å². The molecule has 1 nitrogen and oxygen atoms in total. The summed E-state index contributed by atoms with van der Waals surface area (Å²) in [5.74, 6) is 0.858. The zero-order valence-electron chi connectivity index (χ0n) is 10.3. The van der Waals surface area contributed by atoms with Crippen molar-refractivity contribution in [2.24, 2.45) is 5.92 Å². The molecule has 0 bridgehead atoms. The molecule has 0 heterocycles. The second-order valence-corrected chi connectivity index (χ2v) is 6.21. The zero-order valence-corrected chi connectivity index (χ0v) is 12.6. The van der Waals surface area contributed by atoms with Gasteiger partial charge in [0.25, 0.3) is 0 Å². The second-order valence-electron chi connectivity index (χ2n) is 4.96. The van der Waals surface area contributed by atoms with Gasteiger partial charge in [0.1, 0.15) is 0 Å². The molecule has 0 atom stereocenters. The molecule has 0 aromatic heterocycles. The van der Waals surface area contributed by atoms with E-state index in [1.807, 2.05) is 0 Å². The molecule has 1 saturated carbocycles. The molecule has 0 saturated heterocycles. The smallest absolute Gasteiger partial charge is 0.0720 e. The summed E-state index contributed by atoms with van der Waals surface area (Å²) >= 11 is 18.1. The Hall–Kier alpha value is -0.110. The fourth-order valence-corrected chi connectivity index (χ4v) is 3.54. The summed E-state index contributed by atoms with van der Waals surface area (Å²) < 4.78 is 0. The Morgan fingerprint density at radius 2 is 1.61 bits per heavy atom. The topological polar surface area (TPSA) is 12.0 Å². The van der Waals surface area contributed by atoms with Crippen LogP contribution < -0.4 is 5.32 Å². The number of nitrogens with one attached hydrogen (secondary N) is 1. The number of halogens is 3. The monoisotopic (exact) mass is 305 g/mol.